The second-order valence-corrected chi connectivity index (χ2v) is 4.00. The Hall–Kier alpha value is -1.05. The molecule has 12 heteroatoms. The van der Waals surface area contributed by atoms with E-state index >= 15 is 0 Å². The number of hydrogen-bond donors (Lipinski definition) is 1. The summed E-state index contributed by atoms with van der Waals surface area (Å²) in [5.74, 6) is -3.16. The highest BCUT2D eigenvalue weighted by molar-refractivity contribution is 7.96. The maximum atomic E-state index is 12.9. The highest BCUT2D eigenvalue weighted by Gasteiger charge is 2.44. The fourth-order valence-corrected chi connectivity index (χ4v) is 1.26. The number of ether oxygens (including phenoxy) is 4. The van der Waals surface area contributed by atoms with Gasteiger partial charge in [-0.3, -0.25) is 0 Å². The molecule has 1 fully saturated rings. The normalized spacial score (nSPS) is 19.4. The van der Waals surface area contributed by atoms with Crippen LogP contribution < -0.4 is 0 Å². The molecule has 1 unspecified atom stereocenters. The van der Waals surface area contributed by atoms with Gasteiger partial charge in [-0.2, -0.15) is 8.78 Å². The molecule has 116 valence electrons. The van der Waals surface area contributed by atoms with Crippen molar-refractivity contribution in [2.75, 3.05) is 26.4 Å². The summed E-state index contributed by atoms with van der Waals surface area (Å²) in [5.41, 5.74) is 0. The summed E-state index contributed by atoms with van der Waals surface area (Å²) in [6.45, 7) is -0.493. The van der Waals surface area contributed by atoms with E-state index in [0.717, 1.165) is 0 Å². The Kier molecular flexibility index (Phi) is 7.04. The van der Waals surface area contributed by atoms with E-state index in [1.165, 1.54) is 0 Å². The van der Waals surface area contributed by atoms with Gasteiger partial charge in [0.15, 0.2) is 6.61 Å². The van der Waals surface area contributed by atoms with Crippen LogP contribution in [0.25, 0.3) is 0 Å². The molecule has 1 rings (SSSR count). The first-order valence-electron chi connectivity index (χ1n) is 5.05. The van der Waals surface area contributed by atoms with Crippen LogP contribution in [0, 0.1) is 0 Å². The molecule has 0 radical (unpaired) electrons. The topological polar surface area (TPSA) is 110 Å². The zero-order valence-corrected chi connectivity index (χ0v) is 10.6. The first-order chi connectivity index (χ1) is 9.45. The van der Waals surface area contributed by atoms with Gasteiger partial charge < -0.3 is 18.9 Å². The molecule has 1 atom stereocenters. The molecule has 0 aromatic heterocycles. The lowest BCUT2D eigenvalue weighted by atomic mass is 10.6. The Labute approximate surface area is 115 Å². The van der Waals surface area contributed by atoms with Crippen molar-refractivity contribution in [1.82, 2.24) is 0 Å². The number of alkyl halides is 2. The van der Waals surface area contributed by atoms with Gasteiger partial charge in [-0.25, -0.2) is 14.8 Å². The largest absolute Gasteiger partial charge is 0.448 e. The second kappa shape index (κ2) is 8.28. The van der Waals surface area contributed by atoms with Gasteiger partial charge in [0.05, 0.1) is 13.2 Å². The first-order valence-corrected chi connectivity index (χ1v) is 5.79. The third-order valence-electron chi connectivity index (χ3n) is 1.78. The van der Waals surface area contributed by atoms with Crippen molar-refractivity contribution in [3.05, 3.63) is 0 Å². The minimum atomic E-state index is -4.17. The van der Waals surface area contributed by atoms with E-state index in [0.29, 0.717) is 6.61 Å². The van der Waals surface area contributed by atoms with Crippen molar-refractivity contribution >= 4 is 24.0 Å². The van der Waals surface area contributed by atoms with Crippen LogP contribution in [0.1, 0.15) is 0 Å². The lowest BCUT2D eigenvalue weighted by Gasteiger charge is -2.22. The highest BCUT2D eigenvalue weighted by atomic mass is 32.2. The number of rotatable bonds is 7. The smallest absolute Gasteiger partial charge is 0.415 e. The molecule has 1 saturated heterocycles. The molecular formula is C8H10F2O9S. The van der Waals surface area contributed by atoms with Gasteiger partial charge in [-0.05, 0) is 0 Å². The van der Waals surface area contributed by atoms with E-state index in [9.17, 15) is 18.4 Å². The predicted octanol–water partition coefficient (Wildman–Crippen LogP) is 0.108. The number of carbonyl (C=O) groups excluding carboxylic acids is 2. The average molecular weight is 320 g/mol. The molecule has 0 bridgehead atoms. The number of halogens is 2. The Morgan fingerprint density at radius 3 is 2.75 bits per heavy atom. The summed E-state index contributed by atoms with van der Waals surface area (Å²) in [4.78, 5) is 22.1. The Morgan fingerprint density at radius 1 is 1.40 bits per heavy atom. The molecular weight excluding hydrogens is 310 g/mol. The number of hydrogen-bond acceptors (Lipinski definition) is 10. The SMILES string of the molecule is O=C(COC(=O)C(F)(F)SOOO)OC1COCCO1. The minimum absolute atomic E-state index is 0.00657. The summed E-state index contributed by atoms with van der Waals surface area (Å²) < 4.78 is 47.7. The molecule has 1 aliphatic rings. The van der Waals surface area contributed by atoms with Crippen LogP contribution in [0.3, 0.4) is 0 Å². The van der Waals surface area contributed by atoms with Crippen LogP contribution in [0.2, 0.25) is 0 Å². The van der Waals surface area contributed by atoms with E-state index in [-0.39, 0.29) is 13.2 Å². The molecule has 0 aromatic rings. The van der Waals surface area contributed by atoms with Gasteiger partial charge in [0.1, 0.15) is 18.6 Å². The Morgan fingerprint density at radius 2 is 2.15 bits per heavy atom. The van der Waals surface area contributed by atoms with Crippen LogP contribution in [0.4, 0.5) is 8.78 Å². The Bertz CT molecular complexity index is 334. The fourth-order valence-electron chi connectivity index (χ4n) is 1.02. The molecule has 1 N–H and O–H groups in total. The zero-order valence-electron chi connectivity index (χ0n) is 9.78. The van der Waals surface area contributed by atoms with Crippen molar-refractivity contribution in [1.29, 1.82) is 0 Å². The lowest BCUT2D eigenvalue weighted by molar-refractivity contribution is -0.433. The van der Waals surface area contributed by atoms with Crippen molar-refractivity contribution in [3.63, 3.8) is 0 Å². The standard InChI is InChI=1S/C8H10F2O9S/c9-8(10,20-19-18-13)7(12)16-3-5(11)17-6-4-14-1-2-15-6/h6,13H,1-4H2. The highest BCUT2D eigenvalue weighted by Crippen LogP contribution is 2.31. The van der Waals surface area contributed by atoms with E-state index < -0.39 is 42.1 Å². The predicted molar refractivity (Wildman–Crippen MR) is 54.9 cm³/mol. The van der Waals surface area contributed by atoms with Crippen LogP contribution in [-0.2, 0) is 37.9 Å². The molecule has 0 spiro atoms. The van der Waals surface area contributed by atoms with Crippen LogP contribution in [0.15, 0.2) is 0 Å². The third kappa shape index (κ3) is 5.94. The quantitative estimate of drug-likeness (QED) is 0.300. The van der Waals surface area contributed by atoms with Gasteiger partial charge in [0.2, 0.25) is 6.29 Å². The van der Waals surface area contributed by atoms with E-state index in [1.807, 2.05) is 0 Å². The van der Waals surface area contributed by atoms with Crippen molar-refractivity contribution in [2.24, 2.45) is 0 Å². The van der Waals surface area contributed by atoms with Crippen molar-refractivity contribution < 1.29 is 51.9 Å². The monoisotopic (exact) mass is 320 g/mol. The summed E-state index contributed by atoms with van der Waals surface area (Å²) in [5, 5.41) is 6.42. The first kappa shape index (κ1) is 17.0. The fraction of sp³-hybridized carbons (Fsp3) is 0.750. The van der Waals surface area contributed by atoms with Gasteiger partial charge in [0, 0.05) is 0 Å². The number of carbonyl (C=O) groups is 2. The van der Waals surface area contributed by atoms with E-state index in [4.69, 9.17) is 14.7 Å². The molecule has 0 amide bonds. The Balaban J connectivity index is 2.27. The number of esters is 2. The maximum absolute atomic E-state index is 12.9. The molecule has 0 aromatic carbocycles. The van der Waals surface area contributed by atoms with Crippen molar-refractivity contribution in [2.45, 2.75) is 11.5 Å². The second-order valence-electron chi connectivity index (χ2n) is 3.18. The maximum Gasteiger partial charge on any atom is 0.415 e. The molecule has 0 saturated carbocycles. The lowest BCUT2D eigenvalue weighted by Crippen LogP contribution is -2.35. The molecule has 0 aliphatic carbocycles. The van der Waals surface area contributed by atoms with Gasteiger partial charge in [-0.1, -0.05) is 5.04 Å². The molecule has 1 heterocycles. The summed E-state index contributed by atoms with van der Waals surface area (Å²) in [6.07, 6.45) is -0.976. The summed E-state index contributed by atoms with van der Waals surface area (Å²) in [7, 11) is 0. The molecule has 9 nitrogen and oxygen atoms in total. The van der Waals surface area contributed by atoms with E-state index in [1.54, 1.807) is 0 Å². The van der Waals surface area contributed by atoms with E-state index in [2.05, 4.69) is 18.8 Å². The summed E-state index contributed by atoms with van der Waals surface area (Å²) >= 11 is -0.803. The zero-order chi connectivity index (χ0) is 15.0. The summed E-state index contributed by atoms with van der Waals surface area (Å²) in [6, 6.07) is 0. The minimum Gasteiger partial charge on any atom is -0.448 e. The van der Waals surface area contributed by atoms with Crippen LogP contribution in [0.5, 0.6) is 0 Å². The average Bonchev–Trinajstić information content (AvgIpc) is 2.43. The molecule has 1 aliphatic heterocycles. The van der Waals surface area contributed by atoms with Gasteiger partial charge in [-0.15, -0.1) is 4.33 Å². The third-order valence-corrected chi connectivity index (χ3v) is 2.28. The van der Waals surface area contributed by atoms with Gasteiger partial charge in [0.25, 0.3) is 0 Å². The van der Waals surface area contributed by atoms with Crippen LogP contribution >= 0.6 is 12.0 Å². The molecule has 20 heavy (non-hydrogen) atoms. The van der Waals surface area contributed by atoms with Crippen LogP contribution in [-0.4, -0.2) is 55.2 Å². The van der Waals surface area contributed by atoms with Gasteiger partial charge >= 0.3 is 17.2 Å². The van der Waals surface area contributed by atoms with Crippen molar-refractivity contribution in [3.8, 4) is 0 Å².